The van der Waals surface area contributed by atoms with Gasteiger partial charge in [0.2, 0.25) is 17.1 Å². The maximum atomic E-state index is 12.3. The average molecular weight is 338 g/mol. The monoisotopic (exact) mass is 338 g/mol. The Hall–Kier alpha value is -2.62. The van der Waals surface area contributed by atoms with Crippen LogP contribution in [0.1, 0.15) is 17.5 Å². The van der Waals surface area contributed by atoms with E-state index < -0.39 is 12.2 Å². The number of amides is 2. The maximum absolute atomic E-state index is 12.3. The lowest BCUT2D eigenvalue weighted by atomic mass is 10.4. The van der Waals surface area contributed by atoms with Crippen LogP contribution in [0.2, 0.25) is 0 Å². The van der Waals surface area contributed by atoms with E-state index in [9.17, 15) is 9.59 Å². The number of anilines is 1. The lowest BCUT2D eigenvalue weighted by Gasteiger charge is -2.19. The van der Waals surface area contributed by atoms with E-state index in [0.29, 0.717) is 16.9 Å². The van der Waals surface area contributed by atoms with Gasteiger partial charge in [0.15, 0.2) is 0 Å². The zero-order chi connectivity index (χ0) is 16.4. The summed E-state index contributed by atoms with van der Waals surface area (Å²) in [7, 11) is 1.61. The summed E-state index contributed by atoms with van der Waals surface area (Å²) in [5.41, 5.74) is 0. The van der Waals surface area contributed by atoms with Crippen LogP contribution in [0, 0.1) is 0 Å². The topological polar surface area (TPSA) is 98.0 Å². The quantitative estimate of drug-likeness (QED) is 0.763. The molecule has 3 heterocycles. The first-order valence-corrected chi connectivity index (χ1v) is 7.67. The summed E-state index contributed by atoms with van der Waals surface area (Å²) in [5.74, 6) is -0.582. The molecule has 23 heavy (non-hydrogen) atoms. The molecular formula is C13H14N4O5S. The van der Waals surface area contributed by atoms with Crippen molar-refractivity contribution in [2.24, 2.45) is 0 Å². The maximum Gasteiger partial charge on any atom is 0.376 e. The third-order valence-corrected chi connectivity index (χ3v) is 3.92. The average Bonchev–Trinajstić information content (AvgIpc) is 3.23. The zero-order valence-electron chi connectivity index (χ0n) is 12.5. The number of carbonyl (C=O) groups excluding carboxylic acids is 2. The minimum absolute atomic E-state index is 0.0687. The third kappa shape index (κ3) is 2.97. The number of furan rings is 1. The van der Waals surface area contributed by atoms with Crippen LogP contribution in [0.3, 0.4) is 0 Å². The van der Waals surface area contributed by atoms with Gasteiger partial charge in [0.1, 0.15) is 0 Å². The zero-order valence-corrected chi connectivity index (χ0v) is 13.3. The van der Waals surface area contributed by atoms with E-state index in [0.717, 1.165) is 11.3 Å². The van der Waals surface area contributed by atoms with Crippen LogP contribution in [0.15, 0.2) is 22.8 Å². The minimum Gasteiger partial charge on any atom is -0.469 e. The molecule has 2 aromatic rings. The van der Waals surface area contributed by atoms with Crippen molar-refractivity contribution in [2.45, 2.75) is 13.2 Å². The Bertz CT molecular complexity index is 701. The number of hydrogen-bond acceptors (Lipinski definition) is 8. The normalized spacial score (nSPS) is 17.7. The number of nitrogens with zero attached hydrogens (tertiary/aromatic N) is 4. The van der Waals surface area contributed by atoms with E-state index in [4.69, 9.17) is 13.9 Å². The molecule has 0 spiro atoms. The van der Waals surface area contributed by atoms with E-state index in [1.165, 1.54) is 22.1 Å². The number of ether oxygens (including phenoxy) is 2. The molecule has 1 unspecified atom stereocenters. The molecule has 1 saturated heterocycles. The minimum atomic E-state index is -0.812. The Morgan fingerprint density at radius 3 is 3.04 bits per heavy atom. The number of likely N-dealkylation sites (N-methyl/N-ethyl adjacent to an activating group) is 1. The highest BCUT2D eigenvalue weighted by Gasteiger charge is 2.41. The van der Waals surface area contributed by atoms with E-state index in [-0.39, 0.29) is 18.3 Å². The van der Waals surface area contributed by atoms with Gasteiger partial charge < -0.3 is 18.8 Å². The van der Waals surface area contributed by atoms with Gasteiger partial charge in [-0.05, 0) is 30.4 Å². The van der Waals surface area contributed by atoms with Crippen molar-refractivity contribution < 1.29 is 23.5 Å². The Morgan fingerprint density at radius 2 is 2.35 bits per heavy atom. The molecule has 3 rings (SSSR count). The first kappa shape index (κ1) is 15.3. The molecule has 122 valence electrons. The standard InChI is InChI=1S/C13H14N4O5S/c1-3-20-12-15-14-11(23-12)17-9(7-16(2)13(17)19)22-10(18)8-5-4-6-21-8/h4-6,9H,3,7H2,1-2H3. The molecule has 9 nitrogen and oxygen atoms in total. The van der Waals surface area contributed by atoms with Gasteiger partial charge in [-0.3, -0.25) is 0 Å². The number of hydrogen-bond donors (Lipinski definition) is 0. The van der Waals surface area contributed by atoms with Gasteiger partial charge in [-0.2, -0.15) is 0 Å². The molecule has 0 aliphatic carbocycles. The lowest BCUT2D eigenvalue weighted by molar-refractivity contribution is 0.0295. The summed E-state index contributed by atoms with van der Waals surface area (Å²) in [6.45, 7) is 2.48. The fraction of sp³-hybridized carbons (Fsp3) is 0.385. The van der Waals surface area contributed by atoms with Gasteiger partial charge in [-0.1, -0.05) is 5.10 Å². The molecule has 2 amide bonds. The molecule has 1 fully saturated rings. The molecule has 0 bridgehead atoms. The number of aromatic nitrogens is 2. The second kappa shape index (κ2) is 6.24. The molecular weight excluding hydrogens is 324 g/mol. The first-order chi connectivity index (χ1) is 11.1. The van der Waals surface area contributed by atoms with Crippen LogP contribution in [-0.2, 0) is 4.74 Å². The predicted octanol–water partition coefficient (Wildman–Crippen LogP) is 1.58. The molecule has 0 N–H and O–H groups in total. The van der Waals surface area contributed by atoms with Crippen molar-refractivity contribution in [3.8, 4) is 5.19 Å². The van der Waals surface area contributed by atoms with E-state index in [1.807, 2.05) is 6.92 Å². The van der Waals surface area contributed by atoms with Gasteiger partial charge in [-0.25, -0.2) is 14.5 Å². The van der Waals surface area contributed by atoms with E-state index in [2.05, 4.69) is 10.2 Å². The van der Waals surface area contributed by atoms with Crippen LogP contribution in [0.25, 0.3) is 0 Å². The first-order valence-electron chi connectivity index (χ1n) is 6.85. The van der Waals surface area contributed by atoms with Crippen molar-refractivity contribution in [3.63, 3.8) is 0 Å². The summed E-state index contributed by atoms with van der Waals surface area (Å²) in [4.78, 5) is 27.0. The van der Waals surface area contributed by atoms with Gasteiger partial charge in [0.25, 0.3) is 5.19 Å². The Balaban J connectivity index is 1.80. The molecule has 1 aliphatic rings. The van der Waals surface area contributed by atoms with Crippen molar-refractivity contribution in [1.29, 1.82) is 0 Å². The van der Waals surface area contributed by atoms with Crippen LogP contribution < -0.4 is 9.64 Å². The van der Waals surface area contributed by atoms with Crippen molar-refractivity contribution in [3.05, 3.63) is 24.2 Å². The van der Waals surface area contributed by atoms with Crippen LogP contribution in [-0.4, -0.2) is 53.5 Å². The fourth-order valence-electron chi connectivity index (χ4n) is 2.05. The largest absolute Gasteiger partial charge is 0.469 e. The summed E-state index contributed by atoms with van der Waals surface area (Å²) in [6.07, 6.45) is 0.562. The lowest BCUT2D eigenvalue weighted by Crippen LogP contribution is -2.37. The van der Waals surface area contributed by atoms with Crippen LogP contribution in [0.4, 0.5) is 9.93 Å². The van der Waals surface area contributed by atoms with Crippen molar-refractivity contribution in [1.82, 2.24) is 15.1 Å². The Kier molecular flexibility index (Phi) is 4.15. The molecule has 10 heteroatoms. The third-order valence-electron chi connectivity index (χ3n) is 3.09. The molecule has 1 aliphatic heterocycles. The van der Waals surface area contributed by atoms with Crippen LogP contribution >= 0.6 is 11.3 Å². The highest BCUT2D eigenvalue weighted by Crippen LogP contribution is 2.31. The second-order valence-corrected chi connectivity index (χ2v) is 5.57. The molecule has 2 aromatic heterocycles. The summed E-state index contributed by atoms with van der Waals surface area (Å²) in [6, 6.07) is 2.74. The summed E-state index contributed by atoms with van der Waals surface area (Å²) < 4.78 is 15.6. The summed E-state index contributed by atoms with van der Waals surface area (Å²) >= 11 is 1.11. The van der Waals surface area contributed by atoms with E-state index >= 15 is 0 Å². The number of esters is 1. The summed E-state index contributed by atoms with van der Waals surface area (Å²) in [5, 5.41) is 8.43. The van der Waals surface area contributed by atoms with E-state index in [1.54, 1.807) is 13.1 Å². The smallest absolute Gasteiger partial charge is 0.376 e. The van der Waals surface area contributed by atoms with Gasteiger partial charge >= 0.3 is 12.0 Å². The Morgan fingerprint density at radius 1 is 1.52 bits per heavy atom. The predicted molar refractivity (Wildman–Crippen MR) is 79.5 cm³/mol. The number of carbonyl (C=O) groups is 2. The molecule has 0 saturated carbocycles. The highest BCUT2D eigenvalue weighted by molar-refractivity contribution is 7.17. The highest BCUT2D eigenvalue weighted by atomic mass is 32.1. The SMILES string of the molecule is CCOc1nnc(N2C(=O)N(C)CC2OC(=O)c2ccco2)s1. The second-order valence-electron chi connectivity index (χ2n) is 4.65. The molecule has 0 radical (unpaired) electrons. The van der Waals surface area contributed by atoms with Crippen molar-refractivity contribution >= 4 is 28.5 Å². The fourth-order valence-corrected chi connectivity index (χ4v) is 2.84. The molecule has 0 aromatic carbocycles. The van der Waals surface area contributed by atoms with Gasteiger partial charge in [0.05, 0.1) is 19.4 Å². The number of rotatable bonds is 5. The van der Waals surface area contributed by atoms with Gasteiger partial charge in [-0.15, -0.1) is 5.10 Å². The Labute approximate surface area is 135 Å². The van der Waals surface area contributed by atoms with Crippen molar-refractivity contribution in [2.75, 3.05) is 25.1 Å². The van der Waals surface area contributed by atoms with Gasteiger partial charge in [0, 0.05) is 7.05 Å². The number of urea groups is 1. The van der Waals surface area contributed by atoms with Crippen LogP contribution in [0.5, 0.6) is 5.19 Å². The molecule has 1 atom stereocenters.